The van der Waals surface area contributed by atoms with Gasteiger partial charge in [0.15, 0.2) is 0 Å². The Morgan fingerprint density at radius 2 is 2.24 bits per heavy atom. The number of hydrogen-bond acceptors (Lipinski definition) is 4. The first-order valence-corrected chi connectivity index (χ1v) is 7.25. The van der Waals surface area contributed by atoms with E-state index in [1.807, 2.05) is 17.8 Å². The fourth-order valence-corrected chi connectivity index (χ4v) is 2.26. The zero-order valence-corrected chi connectivity index (χ0v) is 11.1. The van der Waals surface area contributed by atoms with Gasteiger partial charge in [-0.3, -0.25) is 4.79 Å². The third-order valence-corrected chi connectivity index (χ3v) is 3.50. The summed E-state index contributed by atoms with van der Waals surface area (Å²) in [5.41, 5.74) is 0. The van der Waals surface area contributed by atoms with Crippen LogP contribution < -0.4 is 10.6 Å². The Kier molecular flexibility index (Phi) is 8.13. The van der Waals surface area contributed by atoms with Gasteiger partial charge in [-0.1, -0.05) is 6.08 Å². The van der Waals surface area contributed by atoms with Gasteiger partial charge in [-0.2, -0.15) is 11.8 Å². The monoisotopic (exact) mass is 258 g/mol. The molecule has 2 N–H and O–H groups in total. The van der Waals surface area contributed by atoms with Crippen molar-refractivity contribution >= 4 is 17.7 Å². The first-order valence-electron chi connectivity index (χ1n) is 6.09. The number of nitrogens with one attached hydrogen (secondary N) is 2. The van der Waals surface area contributed by atoms with E-state index < -0.39 is 0 Å². The smallest absolute Gasteiger partial charge is 0.234 e. The highest BCUT2D eigenvalue weighted by Crippen LogP contribution is 2.05. The van der Waals surface area contributed by atoms with Crippen molar-refractivity contribution in [3.05, 3.63) is 12.7 Å². The Labute approximate surface area is 108 Å². The van der Waals surface area contributed by atoms with E-state index in [1.165, 1.54) is 0 Å². The van der Waals surface area contributed by atoms with Gasteiger partial charge in [-0.25, -0.2) is 0 Å². The predicted octanol–water partition coefficient (Wildman–Crippen LogP) is 0.790. The number of carbonyl (C=O) groups is 1. The molecule has 0 aromatic heterocycles. The summed E-state index contributed by atoms with van der Waals surface area (Å²) in [4.78, 5) is 11.6. The van der Waals surface area contributed by atoms with Gasteiger partial charge in [0.2, 0.25) is 5.91 Å². The maximum atomic E-state index is 11.6. The Hall–Kier alpha value is -0.520. The molecule has 0 aliphatic carbocycles. The zero-order chi connectivity index (χ0) is 12.3. The van der Waals surface area contributed by atoms with Gasteiger partial charge in [-0.15, -0.1) is 6.58 Å². The van der Waals surface area contributed by atoms with Crippen LogP contribution in [-0.4, -0.2) is 49.8 Å². The summed E-state index contributed by atoms with van der Waals surface area (Å²) in [6, 6.07) is 0.299. The predicted molar refractivity (Wildman–Crippen MR) is 72.4 cm³/mol. The summed E-state index contributed by atoms with van der Waals surface area (Å²) in [7, 11) is 0. The molecule has 0 unspecified atom stereocenters. The molecule has 17 heavy (non-hydrogen) atoms. The quantitative estimate of drug-likeness (QED) is 0.499. The van der Waals surface area contributed by atoms with Crippen molar-refractivity contribution in [1.29, 1.82) is 0 Å². The van der Waals surface area contributed by atoms with E-state index in [1.54, 1.807) is 0 Å². The van der Waals surface area contributed by atoms with E-state index in [4.69, 9.17) is 4.74 Å². The molecule has 0 atom stereocenters. The lowest BCUT2D eigenvalue weighted by molar-refractivity contribution is -0.121. The van der Waals surface area contributed by atoms with Crippen LogP contribution in [0.2, 0.25) is 0 Å². The van der Waals surface area contributed by atoms with Crippen molar-refractivity contribution in [1.82, 2.24) is 10.6 Å². The normalized spacial score (nSPS) is 16.7. The van der Waals surface area contributed by atoms with Crippen LogP contribution in [0, 0.1) is 0 Å². The second-order valence-electron chi connectivity index (χ2n) is 3.99. The molecular weight excluding hydrogens is 236 g/mol. The first-order chi connectivity index (χ1) is 8.33. The molecule has 0 saturated carbocycles. The molecule has 1 aliphatic heterocycles. The molecule has 4 nitrogen and oxygen atoms in total. The lowest BCUT2D eigenvalue weighted by Crippen LogP contribution is -2.43. The third kappa shape index (κ3) is 7.41. The topological polar surface area (TPSA) is 50.4 Å². The molecule has 1 heterocycles. The van der Waals surface area contributed by atoms with E-state index in [0.29, 0.717) is 12.6 Å². The van der Waals surface area contributed by atoms with E-state index in [-0.39, 0.29) is 5.91 Å². The highest BCUT2D eigenvalue weighted by Gasteiger charge is 2.15. The Morgan fingerprint density at radius 1 is 1.47 bits per heavy atom. The van der Waals surface area contributed by atoms with Crippen molar-refractivity contribution in [3.63, 3.8) is 0 Å². The average Bonchev–Trinajstić information content (AvgIpc) is 2.35. The minimum absolute atomic E-state index is 0.0885. The molecule has 0 bridgehead atoms. The molecule has 0 aromatic carbocycles. The molecule has 1 fully saturated rings. The lowest BCUT2D eigenvalue weighted by atomic mass is 10.1. The van der Waals surface area contributed by atoms with Gasteiger partial charge < -0.3 is 15.4 Å². The van der Waals surface area contributed by atoms with Gasteiger partial charge in [0, 0.05) is 37.3 Å². The van der Waals surface area contributed by atoms with E-state index in [9.17, 15) is 4.79 Å². The second kappa shape index (κ2) is 9.50. The molecule has 98 valence electrons. The van der Waals surface area contributed by atoms with Crippen LogP contribution in [0.1, 0.15) is 12.8 Å². The largest absolute Gasteiger partial charge is 0.381 e. The molecule has 5 heteroatoms. The minimum atomic E-state index is 0.0885. The lowest BCUT2D eigenvalue weighted by Gasteiger charge is -2.23. The Balaban J connectivity index is 1.95. The minimum Gasteiger partial charge on any atom is -0.381 e. The molecule has 0 aromatic rings. The van der Waals surface area contributed by atoms with Gasteiger partial charge in [0.05, 0.1) is 6.54 Å². The van der Waals surface area contributed by atoms with E-state index in [2.05, 4.69) is 17.2 Å². The van der Waals surface area contributed by atoms with Crippen LogP contribution >= 0.6 is 11.8 Å². The number of rotatable bonds is 8. The number of thioether (sulfide) groups is 1. The zero-order valence-electron chi connectivity index (χ0n) is 10.2. The highest BCUT2D eigenvalue weighted by atomic mass is 32.2. The fourth-order valence-electron chi connectivity index (χ4n) is 1.63. The maximum Gasteiger partial charge on any atom is 0.234 e. The summed E-state index contributed by atoms with van der Waals surface area (Å²) >= 11 is 1.81. The third-order valence-electron chi connectivity index (χ3n) is 2.53. The van der Waals surface area contributed by atoms with Crippen LogP contribution in [0.25, 0.3) is 0 Å². The maximum absolute atomic E-state index is 11.6. The Bertz CT molecular complexity index is 231. The fraction of sp³-hybridized carbons (Fsp3) is 0.750. The van der Waals surface area contributed by atoms with Crippen molar-refractivity contribution in [2.75, 3.05) is 37.8 Å². The molecular formula is C12H22N2O2S. The van der Waals surface area contributed by atoms with Crippen LogP contribution in [-0.2, 0) is 9.53 Å². The average molecular weight is 258 g/mol. The van der Waals surface area contributed by atoms with Crippen LogP contribution in [0.5, 0.6) is 0 Å². The molecule has 1 aliphatic rings. The summed E-state index contributed by atoms with van der Waals surface area (Å²) in [6.07, 6.45) is 3.75. The molecule has 1 rings (SSSR count). The highest BCUT2D eigenvalue weighted by molar-refractivity contribution is 7.99. The van der Waals surface area contributed by atoms with E-state index in [0.717, 1.165) is 44.1 Å². The number of ether oxygens (including phenoxy) is 1. The molecule has 0 radical (unpaired) electrons. The molecule has 1 amide bonds. The Morgan fingerprint density at radius 3 is 2.94 bits per heavy atom. The van der Waals surface area contributed by atoms with Crippen molar-refractivity contribution < 1.29 is 9.53 Å². The van der Waals surface area contributed by atoms with Gasteiger partial charge in [0.1, 0.15) is 0 Å². The summed E-state index contributed by atoms with van der Waals surface area (Å²) in [6.45, 7) is 6.45. The summed E-state index contributed by atoms with van der Waals surface area (Å²) in [5.74, 6) is 2.07. The SMILES string of the molecule is C=CCSCCNCC(=O)NC1CCOCC1. The van der Waals surface area contributed by atoms with E-state index >= 15 is 0 Å². The summed E-state index contributed by atoms with van der Waals surface area (Å²) < 4.78 is 5.24. The first kappa shape index (κ1) is 14.5. The van der Waals surface area contributed by atoms with Crippen LogP contribution in [0.4, 0.5) is 0 Å². The van der Waals surface area contributed by atoms with Gasteiger partial charge in [0.25, 0.3) is 0 Å². The molecule has 0 spiro atoms. The molecule has 1 saturated heterocycles. The standard InChI is InChI=1S/C12H22N2O2S/c1-2-8-17-9-5-13-10-12(15)14-11-3-6-16-7-4-11/h2,11,13H,1,3-10H2,(H,14,15). The number of carbonyl (C=O) groups excluding carboxylic acids is 1. The van der Waals surface area contributed by atoms with Crippen molar-refractivity contribution in [3.8, 4) is 0 Å². The second-order valence-corrected chi connectivity index (χ2v) is 5.14. The summed E-state index contributed by atoms with van der Waals surface area (Å²) in [5, 5.41) is 6.15. The van der Waals surface area contributed by atoms with Crippen LogP contribution in [0.15, 0.2) is 12.7 Å². The van der Waals surface area contributed by atoms with Gasteiger partial charge in [-0.05, 0) is 12.8 Å². The van der Waals surface area contributed by atoms with Crippen LogP contribution in [0.3, 0.4) is 0 Å². The van der Waals surface area contributed by atoms with Crippen molar-refractivity contribution in [2.24, 2.45) is 0 Å². The number of amides is 1. The van der Waals surface area contributed by atoms with Gasteiger partial charge >= 0.3 is 0 Å². The van der Waals surface area contributed by atoms with Crippen molar-refractivity contribution in [2.45, 2.75) is 18.9 Å². The number of hydrogen-bond donors (Lipinski definition) is 2.